The predicted molar refractivity (Wildman–Crippen MR) is 50.6 cm³/mol. The third kappa shape index (κ3) is 1.01. The first-order valence-electron chi connectivity index (χ1n) is 3.77. The molecule has 0 fully saturated rings. The molecular formula is C9H9NOS. The Kier molecular flexibility index (Phi) is 1.81. The first-order valence-corrected chi connectivity index (χ1v) is 4.64. The number of carbonyl (C=O) groups excluding carboxylic acids is 1. The Morgan fingerprint density at radius 2 is 2.25 bits per heavy atom. The zero-order valence-corrected chi connectivity index (χ0v) is 7.54. The van der Waals surface area contributed by atoms with Gasteiger partial charge >= 0.3 is 0 Å². The van der Waals surface area contributed by atoms with Crippen molar-refractivity contribution in [2.24, 2.45) is 0 Å². The minimum atomic E-state index is -0.0394. The fraction of sp³-hybridized carbons (Fsp3) is 0.222. The second kappa shape index (κ2) is 2.83. The van der Waals surface area contributed by atoms with E-state index in [-0.39, 0.29) is 5.37 Å². The van der Waals surface area contributed by atoms with Crippen LogP contribution < -0.4 is 4.90 Å². The molecule has 62 valence electrons. The second-order valence-electron chi connectivity index (χ2n) is 2.72. The van der Waals surface area contributed by atoms with Gasteiger partial charge in [0.2, 0.25) is 0 Å². The predicted octanol–water partition coefficient (Wildman–Crippen LogP) is 1.75. The molecule has 3 heteroatoms. The summed E-state index contributed by atoms with van der Waals surface area (Å²) in [7, 11) is 1.94. The Balaban J connectivity index is 2.41. The first-order chi connectivity index (χ1) is 5.83. The van der Waals surface area contributed by atoms with Gasteiger partial charge in [-0.15, -0.1) is 0 Å². The third-order valence-electron chi connectivity index (χ3n) is 1.99. The normalized spacial score (nSPS) is 20.8. The lowest BCUT2D eigenvalue weighted by atomic mass is 10.3. The molecule has 2 rings (SSSR count). The molecule has 0 N–H and O–H groups in total. The molecule has 1 aromatic carbocycles. The van der Waals surface area contributed by atoms with E-state index in [0.717, 1.165) is 12.0 Å². The molecule has 1 atom stereocenters. The summed E-state index contributed by atoms with van der Waals surface area (Å²) in [6, 6.07) is 8.06. The van der Waals surface area contributed by atoms with E-state index in [2.05, 4.69) is 0 Å². The smallest absolute Gasteiger partial charge is 0.153 e. The summed E-state index contributed by atoms with van der Waals surface area (Å²) in [6.45, 7) is 0. The van der Waals surface area contributed by atoms with E-state index in [0.29, 0.717) is 0 Å². The monoisotopic (exact) mass is 179 g/mol. The molecule has 0 saturated carbocycles. The van der Waals surface area contributed by atoms with Crippen molar-refractivity contribution in [3.63, 3.8) is 0 Å². The van der Waals surface area contributed by atoms with Crippen LogP contribution in [0.4, 0.5) is 5.69 Å². The average Bonchev–Trinajstić information content (AvgIpc) is 2.44. The van der Waals surface area contributed by atoms with E-state index in [1.54, 1.807) is 11.8 Å². The molecule has 12 heavy (non-hydrogen) atoms. The van der Waals surface area contributed by atoms with Gasteiger partial charge in [-0.2, -0.15) is 0 Å². The largest absolute Gasteiger partial charge is 0.355 e. The number of aldehydes is 1. The number of likely N-dealkylation sites (N-methyl/N-ethyl adjacent to an activating group) is 1. The maximum absolute atomic E-state index is 10.6. The van der Waals surface area contributed by atoms with E-state index < -0.39 is 0 Å². The van der Waals surface area contributed by atoms with Crippen LogP contribution in [0.25, 0.3) is 0 Å². The van der Waals surface area contributed by atoms with Crippen molar-refractivity contribution in [2.75, 3.05) is 11.9 Å². The van der Waals surface area contributed by atoms with Crippen LogP contribution in [0.1, 0.15) is 0 Å². The number of rotatable bonds is 1. The Labute approximate surface area is 75.6 Å². The van der Waals surface area contributed by atoms with Gasteiger partial charge in [0.05, 0.1) is 5.69 Å². The number of nitrogens with zero attached hydrogens (tertiary/aromatic N) is 1. The molecule has 1 unspecified atom stereocenters. The number of hydrogen-bond acceptors (Lipinski definition) is 3. The maximum atomic E-state index is 10.6. The van der Waals surface area contributed by atoms with Crippen LogP contribution in [0.5, 0.6) is 0 Å². The topological polar surface area (TPSA) is 20.3 Å². The molecular weight excluding hydrogens is 170 g/mol. The van der Waals surface area contributed by atoms with E-state index in [9.17, 15) is 4.79 Å². The zero-order valence-electron chi connectivity index (χ0n) is 6.73. The Hall–Kier alpha value is -0.960. The lowest BCUT2D eigenvalue weighted by Crippen LogP contribution is -2.25. The van der Waals surface area contributed by atoms with Crippen molar-refractivity contribution in [2.45, 2.75) is 10.3 Å². The molecule has 1 aliphatic heterocycles. The molecule has 0 aliphatic carbocycles. The fourth-order valence-electron chi connectivity index (χ4n) is 1.31. The van der Waals surface area contributed by atoms with Crippen LogP contribution in [0.2, 0.25) is 0 Å². The van der Waals surface area contributed by atoms with Gasteiger partial charge in [0.15, 0.2) is 6.29 Å². The highest BCUT2D eigenvalue weighted by Gasteiger charge is 2.25. The van der Waals surface area contributed by atoms with Crippen molar-refractivity contribution in [1.29, 1.82) is 0 Å². The number of benzene rings is 1. The van der Waals surface area contributed by atoms with E-state index >= 15 is 0 Å². The maximum Gasteiger partial charge on any atom is 0.153 e. The number of hydrogen-bond donors (Lipinski definition) is 0. The van der Waals surface area contributed by atoms with Crippen molar-refractivity contribution in [3.8, 4) is 0 Å². The summed E-state index contributed by atoms with van der Waals surface area (Å²) in [5.41, 5.74) is 1.15. The van der Waals surface area contributed by atoms with Crippen LogP contribution in [-0.2, 0) is 4.79 Å². The summed E-state index contributed by atoms with van der Waals surface area (Å²) in [5, 5.41) is -0.0394. The van der Waals surface area contributed by atoms with Gasteiger partial charge in [-0.25, -0.2) is 0 Å². The molecule has 1 heterocycles. The zero-order chi connectivity index (χ0) is 8.55. The fourth-order valence-corrected chi connectivity index (χ4v) is 2.39. The standard InChI is InChI=1S/C9H9NOS/c1-10-7-4-2-3-5-8(7)12-9(10)6-11/h2-6,9H,1H3. The molecule has 0 amide bonds. The SMILES string of the molecule is CN1c2ccccc2SC1C=O. The van der Waals surface area contributed by atoms with Gasteiger partial charge in [0, 0.05) is 11.9 Å². The lowest BCUT2D eigenvalue weighted by Gasteiger charge is -2.15. The van der Waals surface area contributed by atoms with Crippen molar-refractivity contribution in [1.82, 2.24) is 0 Å². The minimum Gasteiger partial charge on any atom is -0.355 e. The summed E-state index contributed by atoms with van der Waals surface area (Å²) < 4.78 is 0. The Bertz CT molecular complexity index is 313. The molecule has 1 aromatic rings. The first kappa shape index (κ1) is 7.68. The summed E-state index contributed by atoms with van der Waals surface area (Å²) in [5.74, 6) is 0. The van der Waals surface area contributed by atoms with Gasteiger partial charge in [-0.3, -0.25) is 0 Å². The van der Waals surface area contributed by atoms with Crippen LogP contribution in [-0.4, -0.2) is 18.7 Å². The van der Waals surface area contributed by atoms with Crippen LogP contribution in [0.15, 0.2) is 29.2 Å². The van der Waals surface area contributed by atoms with Crippen LogP contribution in [0.3, 0.4) is 0 Å². The van der Waals surface area contributed by atoms with E-state index in [1.807, 2.05) is 36.2 Å². The number of carbonyl (C=O) groups is 1. The van der Waals surface area contributed by atoms with Gasteiger partial charge in [0.1, 0.15) is 5.37 Å². The summed E-state index contributed by atoms with van der Waals surface area (Å²) in [6.07, 6.45) is 0.977. The van der Waals surface area contributed by atoms with Gasteiger partial charge in [0.25, 0.3) is 0 Å². The minimum absolute atomic E-state index is 0.0394. The van der Waals surface area contributed by atoms with E-state index in [1.165, 1.54) is 4.90 Å². The van der Waals surface area contributed by atoms with Crippen LogP contribution in [0, 0.1) is 0 Å². The summed E-state index contributed by atoms with van der Waals surface area (Å²) >= 11 is 1.60. The third-order valence-corrected chi connectivity index (χ3v) is 3.26. The highest BCUT2D eigenvalue weighted by atomic mass is 32.2. The molecule has 2 nitrogen and oxygen atoms in total. The molecule has 0 spiro atoms. The van der Waals surface area contributed by atoms with Gasteiger partial charge in [-0.05, 0) is 12.1 Å². The van der Waals surface area contributed by atoms with Crippen molar-refractivity contribution in [3.05, 3.63) is 24.3 Å². The molecule has 0 radical (unpaired) electrons. The Morgan fingerprint density at radius 3 is 2.92 bits per heavy atom. The summed E-state index contributed by atoms with van der Waals surface area (Å²) in [4.78, 5) is 13.8. The van der Waals surface area contributed by atoms with Crippen molar-refractivity contribution >= 4 is 23.7 Å². The van der Waals surface area contributed by atoms with Gasteiger partial charge < -0.3 is 9.69 Å². The number of anilines is 1. The Morgan fingerprint density at radius 1 is 1.50 bits per heavy atom. The quantitative estimate of drug-likeness (QED) is 0.613. The molecule has 0 saturated heterocycles. The number of thioether (sulfide) groups is 1. The highest BCUT2D eigenvalue weighted by molar-refractivity contribution is 8.01. The second-order valence-corrected chi connectivity index (χ2v) is 3.88. The van der Waals surface area contributed by atoms with Gasteiger partial charge in [-0.1, -0.05) is 23.9 Å². The van der Waals surface area contributed by atoms with Crippen molar-refractivity contribution < 1.29 is 4.79 Å². The number of fused-ring (bicyclic) bond motifs is 1. The molecule has 0 bridgehead atoms. The average molecular weight is 179 g/mol. The molecule has 1 aliphatic rings. The molecule has 0 aromatic heterocycles. The van der Waals surface area contributed by atoms with Crippen LogP contribution >= 0.6 is 11.8 Å². The number of para-hydroxylation sites is 1. The lowest BCUT2D eigenvalue weighted by molar-refractivity contribution is -0.107. The highest BCUT2D eigenvalue weighted by Crippen LogP contribution is 2.40. The van der Waals surface area contributed by atoms with E-state index in [4.69, 9.17) is 0 Å².